The van der Waals surface area contributed by atoms with Crippen molar-refractivity contribution in [3.8, 4) is 0 Å². The van der Waals surface area contributed by atoms with Crippen LogP contribution in [0.1, 0.15) is 25.3 Å². The number of rotatable bonds is 3. The van der Waals surface area contributed by atoms with E-state index in [0.29, 0.717) is 6.42 Å². The van der Waals surface area contributed by atoms with Crippen molar-refractivity contribution in [2.24, 2.45) is 0 Å². The molecule has 2 atom stereocenters. The van der Waals surface area contributed by atoms with E-state index in [1.54, 1.807) is 0 Å². The summed E-state index contributed by atoms with van der Waals surface area (Å²) in [5.41, 5.74) is 1.24. The van der Waals surface area contributed by atoms with E-state index in [-0.39, 0.29) is 18.1 Å². The Hall–Kier alpha value is -1.35. The second-order valence-corrected chi connectivity index (χ2v) is 4.30. The predicted molar refractivity (Wildman–Crippen MR) is 61.9 cm³/mol. The summed E-state index contributed by atoms with van der Waals surface area (Å²) in [5.74, 6) is -0.0932. The third kappa shape index (κ3) is 3.07. The standard InChI is InChI=1S/C13H17NO2/c1-10-7-12(8-13(15)16-10)14-9-11-5-3-2-4-6-11/h2-6,10,12,14H,7-9H2,1H3/t10-,12-/m1/s1. The molecule has 0 bridgehead atoms. The van der Waals surface area contributed by atoms with Gasteiger partial charge in [-0.25, -0.2) is 0 Å². The molecule has 1 fully saturated rings. The van der Waals surface area contributed by atoms with Gasteiger partial charge in [0.15, 0.2) is 0 Å². The Balaban J connectivity index is 1.84. The van der Waals surface area contributed by atoms with Crippen LogP contribution < -0.4 is 5.32 Å². The molecule has 0 aromatic heterocycles. The van der Waals surface area contributed by atoms with E-state index >= 15 is 0 Å². The maximum absolute atomic E-state index is 11.2. The van der Waals surface area contributed by atoms with Crippen LogP contribution in [0.4, 0.5) is 0 Å². The largest absolute Gasteiger partial charge is 0.463 e. The Morgan fingerprint density at radius 3 is 2.81 bits per heavy atom. The lowest BCUT2D eigenvalue weighted by atomic mass is 10.0. The SMILES string of the molecule is C[C@@H]1C[C@@H](NCc2ccccc2)CC(=O)O1. The molecule has 1 aliphatic rings. The fourth-order valence-corrected chi connectivity index (χ4v) is 2.02. The van der Waals surface area contributed by atoms with E-state index in [1.165, 1.54) is 5.56 Å². The molecule has 0 saturated carbocycles. The molecule has 0 radical (unpaired) electrons. The fraction of sp³-hybridized carbons (Fsp3) is 0.462. The quantitative estimate of drug-likeness (QED) is 0.789. The maximum atomic E-state index is 11.2. The highest BCUT2D eigenvalue weighted by Crippen LogP contribution is 2.15. The molecule has 3 heteroatoms. The third-order valence-electron chi connectivity index (χ3n) is 2.80. The first kappa shape index (κ1) is 11.1. The highest BCUT2D eigenvalue weighted by molar-refractivity contribution is 5.71. The Labute approximate surface area is 95.8 Å². The number of cyclic esters (lactones) is 1. The normalized spacial score (nSPS) is 25.2. The number of benzene rings is 1. The Morgan fingerprint density at radius 1 is 1.38 bits per heavy atom. The monoisotopic (exact) mass is 219 g/mol. The predicted octanol–water partition coefficient (Wildman–Crippen LogP) is 1.87. The van der Waals surface area contributed by atoms with Gasteiger partial charge in [0, 0.05) is 19.0 Å². The van der Waals surface area contributed by atoms with E-state index < -0.39 is 0 Å². The van der Waals surface area contributed by atoms with Crippen molar-refractivity contribution in [1.82, 2.24) is 5.32 Å². The first-order valence-electron chi connectivity index (χ1n) is 5.71. The van der Waals surface area contributed by atoms with E-state index in [0.717, 1.165) is 13.0 Å². The number of carbonyl (C=O) groups excluding carboxylic acids is 1. The van der Waals surface area contributed by atoms with Gasteiger partial charge in [0.2, 0.25) is 0 Å². The first-order valence-corrected chi connectivity index (χ1v) is 5.71. The molecule has 1 heterocycles. The molecule has 0 spiro atoms. The lowest BCUT2D eigenvalue weighted by Gasteiger charge is -2.27. The molecular weight excluding hydrogens is 202 g/mol. The van der Waals surface area contributed by atoms with Gasteiger partial charge in [-0.2, -0.15) is 0 Å². The van der Waals surface area contributed by atoms with Gasteiger partial charge in [0.1, 0.15) is 6.10 Å². The van der Waals surface area contributed by atoms with Gasteiger partial charge in [0.05, 0.1) is 6.42 Å². The van der Waals surface area contributed by atoms with Crippen LogP contribution in [0.2, 0.25) is 0 Å². The number of esters is 1. The minimum Gasteiger partial charge on any atom is -0.463 e. The van der Waals surface area contributed by atoms with Crippen molar-refractivity contribution >= 4 is 5.97 Å². The van der Waals surface area contributed by atoms with Crippen LogP contribution >= 0.6 is 0 Å². The van der Waals surface area contributed by atoms with E-state index in [2.05, 4.69) is 17.4 Å². The molecule has 0 amide bonds. The molecule has 1 saturated heterocycles. The summed E-state index contributed by atoms with van der Waals surface area (Å²) >= 11 is 0. The lowest BCUT2D eigenvalue weighted by molar-refractivity contribution is -0.153. The number of carbonyl (C=O) groups is 1. The highest BCUT2D eigenvalue weighted by Gasteiger charge is 2.25. The van der Waals surface area contributed by atoms with Gasteiger partial charge in [-0.3, -0.25) is 4.79 Å². The van der Waals surface area contributed by atoms with E-state index in [4.69, 9.17) is 4.74 Å². The molecule has 1 N–H and O–H groups in total. The molecule has 1 aromatic carbocycles. The average Bonchev–Trinajstić information content (AvgIpc) is 2.27. The van der Waals surface area contributed by atoms with E-state index in [1.807, 2.05) is 25.1 Å². The Kier molecular flexibility index (Phi) is 3.57. The number of nitrogens with one attached hydrogen (secondary N) is 1. The second-order valence-electron chi connectivity index (χ2n) is 4.30. The minimum atomic E-state index is -0.0932. The van der Waals surface area contributed by atoms with Gasteiger partial charge in [-0.15, -0.1) is 0 Å². The van der Waals surface area contributed by atoms with Crippen LogP contribution in [0.25, 0.3) is 0 Å². The van der Waals surface area contributed by atoms with Gasteiger partial charge in [-0.1, -0.05) is 30.3 Å². The average molecular weight is 219 g/mol. The summed E-state index contributed by atoms with van der Waals surface area (Å²) in [7, 11) is 0. The van der Waals surface area contributed by atoms with Crippen LogP contribution in [0.3, 0.4) is 0 Å². The van der Waals surface area contributed by atoms with Crippen LogP contribution in [-0.2, 0) is 16.1 Å². The summed E-state index contributed by atoms with van der Waals surface area (Å²) < 4.78 is 5.09. The molecule has 1 aliphatic heterocycles. The summed E-state index contributed by atoms with van der Waals surface area (Å²) in [5, 5.41) is 3.40. The van der Waals surface area contributed by atoms with Crippen LogP contribution in [0.5, 0.6) is 0 Å². The zero-order valence-electron chi connectivity index (χ0n) is 9.48. The minimum absolute atomic E-state index is 0.0366. The summed E-state index contributed by atoms with van der Waals surface area (Å²) in [6.07, 6.45) is 1.42. The molecule has 1 aromatic rings. The Morgan fingerprint density at radius 2 is 2.12 bits per heavy atom. The van der Waals surface area contributed by atoms with Crippen LogP contribution in [0.15, 0.2) is 30.3 Å². The summed E-state index contributed by atoms with van der Waals surface area (Å²) in [6, 6.07) is 10.5. The Bertz CT molecular complexity index is 350. The van der Waals surface area contributed by atoms with Crippen molar-refractivity contribution in [3.63, 3.8) is 0 Å². The van der Waals surface area contributed by atoms with Crippen molar-refractivity contribution in [2.75, 3.05) is 0 Å². The second kappa shape index (κ2) is 5.12. The fourth-order valence-electron chi connectivity index (χ4n) is 2.02. The third-order valence-corrected chi connectivity index (χ3v) is 2.80. The van der Waals surface area contributed by atoms with E-state index in [9.17, 15) is 4.79 Å². The highest BCUT2D eigenvalue weighted by atomic mass is 16.5. The van der Waals surface area contributed by atoms with Crippen molar-refractivity contribution in [1.29, 1.82) is 0 Å². The molecule has 16 heavy (non-hydrogen) atoms. The van der Waals surface area contributed by atoms with Crippen LogP contribution in [0, 0.1) is 0 Å². The topological polar surface area (TPSA) is 38.3 Å². The lowest BCUT2D eigenvalue weighted by Crippen LogP contribution is -2.39. The molecule has 0 unspecified atom stereocenters. The number of ether oxygens (including phenoxy) is 1. The molecule has 2 rings (SSSR count). The van der Waals surface area contributed by atoms with Gasteiger partial charge in [0.25, 0.3) is 0 Å². The van der Waals surface area contributed by atoms with Crippen LogP contribution in [-0.4, -0.2) is 18.1 Å². The molecular formula is C13H17NO2. The number of hydrogen-bond donors (Lipinski definition) is 1. The first-order chi connectivity index (χ1) is 7.74. The van der Waals surface area contributed by atoms with Gasteiger partial charge < -0.3 is 10.1 Å². The van der Waals surface area contributed by atoms with Crippen molar-refractivity contribution in [2.45, 2.75) is 38.5 Å². The van der Waals surface area contributed by atoms with Crippen molar-refractivity contribution < 1.29 is 9.53 Å². The maximum Gasteiger partial charge on any atom is 0.307 e. The summed E-state index contributed by atoms with van der Waals surface area (Å²) in [6.45, 7) is 2.75. The smallest absolute Gasteiger partial charge is 0.307 e. The molecule has 3 nitrogen and oxygen atoms in total. The van der Waals surface area contributed by atoms with Crippen molar-refractivity contribution in [3.05, 3.63) is 35.9 Å². The molecule has 0 aliphatic carbocycles. The van der Waals surface area contributed by atoms with Gasteiger partial charge >= 0.3 is 5.97 Å². The molecule has 86 valence electrons. The zero-order chi connectivity index (χ0) is 11.4. The van der Waals surface area contributed by atoms with Gasteiger partial charge in [-0.05, 0) is 12.5 Å². The number of hydrogen-bond acceptors (Lipinski definition) is 3. The summed E-state index contributed by atoms with van der Waals surface area (Å²) in [4.78, 5) is 11.2. The zero-order valence-corrected chi connectivity index (χ0v) is 9.48.